The van der Waals surface area contributed by atoms with Crippen LogP contribution in [0.3, 0.4) is 0 Å². The van der Waals surface area contributed by atoms with Gasteiger partial charge in [0.05, 0.1) is 12.6 Å². The van der Waals surface area contributed by atoms with Crippen molar-refractivity contribution in [3.05, 3.63) is 10.7 Å². The Bertz CT molecular complexity index is 1130. The number of amides is 4. The highest BCUT2D eigenvalue weighted by Gasteiger charge is 2.58. The lowest BCUT2D eigenvalue weighted by Crippen LogP contribution is -2.56. The molecule has 196 valence electrons. The fourth-order valence-electron chi connectivity index (χ4n) is 4.51. The lowest BCUT2D eigenvalue weighted by molar-refractivity contribution is -0.175. The number of fused-ring (bicyclic) bond motifs is 2. The third kappa shape index (κ3) is 4.91. The van der Waals surface area contributed by atoms with Crippen LogP contribution in [0.5, 0.6) is 0 Å². The summed E-state index contributed by atoms with van der Waals surface area (Å²) in [6.07, 6.45) is -5.08. The topological polar surface area (TPSA) is 140 Å². The zero-order valence-corrected chi connectivity index (χ0v) is 21.5. The van der Waals surface area contributed by atoms with E-state index < -0.39 is 53.5 Å². The number of nitrogens with zero attached hydrogens (tertiary/aromatic N) is 5. The number of nitrogens with one attached hydrogen (secondary N) is 2. The minimum atomic E-state index is -5.17. The molecule has 0 aromatic carbocycles. The molecule has 1 spiro atoms. The van der Waals surface area contributed by atoms with E-state index in [2.05, 4.69) is 26.3 Å². The number of likely N-dealkylation sites (N-methyl/N-ethyl adjacent to an activating group) is 1. The molecule has 1 unspecified atom stereocenters. The Balaban J connectivity index is 1.87. The van der Waals surface area contributed by atoms with E-state index in [1.54, 1.807) is 25.2 Å². The first-order chi connectivity index (χ1) is 16.6. The summed E-state index contributed by atoms with van der Waals surface area (Å²) in [5.74, 6) is -3.96. The normalized spacial score (nSPS) is 22.7. The summed E-state index contributed by atoms with van der Waals surface area (Å²) in [6, 6.07) is -0.110. The van der Waals surface area contributed by atoms with Gasteiger partial charge in [-0.15, -0.1) is 0 Å². The smallest absolute Gasteiger partial charge is 0.337 e. The van der Waals surface area contributed by atoms with E-state index in [0.29, 0.717) is 10.4 Å². The molecular weight excluding hydrogens is 551 g/mol. The lowest BCUT2D eigenvalue weighted by Gasteiger charge is -2.34. The van der Waals surface area contributed by atoms with Gasteiger partial charge in [0.15, 0.2) is 5.54 Å². The molecule has 3 rings (SSSR count). The van der Waals surface area contributed by atoms with E-state index in [-0.39, 0.29) is 25.3 Å². The first kappa shape index (κ1) is 27.4. The van der Waals surface area contributed by atoms with Gasteiger partial charge in [0.1, 0.15) is 28.5 Å². The van der Waals surface area contributed by atoms with Crippen molar-refractivity contribution in [2.75, 3.05) is 18.9 Å². The van der Waals surface area contributed by atoms with Crippen molar-refractivity contribution in [1.29, 1.82) is 5.26 Å². The van der Waals surface area contributed by atoms with Crippen LogP contribution in [0.25, 0.3) is 0 Å². The molecule has 1 aromatic heterocycles. The van der Waals surface area contributed by atoms with Crippen molar-refractivity contribution >= 4 is 45.4 Å². The number of anilines is 1. The molecule has 0 bridgehead atoms. The lowest BCUT2D eigenvalue weighted by atomic mass is 9.96. The Morgan fingerprint density at radius 3 is 2.58 bits per heavy atom. The van der Waals surface area contributed by atoms with E-state index in [0.717, 1.165) is 11.8 Å². The average Bonchev–Trinajstić information content (AvgIpc) is 3.42. The van der Waals surface area contributed by atoms with E-state index in [4.69, 9.17) is 0 Å². The molecule has 0 radical (unpaired) electrons. The van der Waals surface area contributed by atoms with Crippen molar-refractivity contribution in [3.8, 4) is 6.07 Å². The molecule has 0 saturated carbocycles. The summed E-state index contributed by atoms with van der Waals surface area (Å²) in [7, 11) is 1.25. The van der Waals surface area contributed by atoms with Gasteiger partial charge in [0.2, 0.25) is 11.8 Å². The minimum absolute atomic E-state index is 0.0354. The summed E-state index contributed by atoms with van der Waals surface area (Å²) in [5.41, 5.74) is -1.32. The second-order valence-corrected chi connectivity index (χ2v) is 10.2. The van der Waals surface area contributed by atoms with Gasteiger partial charge in [-0.25, -0.2) is 4.68 Å². The first-order valence-electron chi connectivity index (χ1n) is 11.0. The predicted octanol–water partition coefficient (Wildman–Crippen LogP) is 1.36. The van der Waals surface area contributed by atoms with Gasteiger partial charge in [0, 0.05) is 19.5 Å². The van der Waals surface area contributed by atoms with Gasteiger partial charge in [-0.1, -0.05) is 13.8 Å². The molecule has 4 amide bonds. The average molecular weight is 576 g/mol. The Morgan fingerprint density at radius 2 is 2.03 bits per heavy atom. The molecule has 2 aliphatic heterocycles. The summed E-state index contributed by atoms with van der Waals surface area (Å²) in [5, 5.41) is 18.4. The molecule has 0 aliphatic carbocycles. The summed E-state index contributed by atoms with van der Waals surface area (Å²) in [6.45, 7) is 4.48. The van der Waals surface area contributed by atoms with Gasteiger partial charge >= 0.3 is 12.1 Å². The molecule has 1 aromatic rings. The number of hydrogen-bond acceptors (Lipinski definition) is 6. The van der Waals surface area contributed by atoms with Crippen LogP contribution in [0.4, 0.5) is 19.0 Å². The van der Waals surface area contributed by atoms with Gasteiger partial charge in [-0.2, -0.15) is 23.5 Å². The Labute approximate surface area is 213 Å². The molecule has 36 heavy (non-hydrogen) atoms. The van der Waals surface area contributed by atoms with Gasteiger partial charge in [-0.3, -0.25) is 19.2 Å². The van der Waals surface area contributed by atoms with Crippen LogP contribution in [-0.4, -0.2) is 81.1 Å². The van der Waals surface area contributed by atoms with Crippen molar-refractivity contribution in [1.82, 2.24) is 24.9 Å². The highest BCUT2D eigenvalue weighted by atomic mass is 79.9. The van der Waals surface area contributed by atoms with Crippen LogP contribution < -0.4 is 10.6 Å². The van der Waals surface area contributed by atoms with Gasteiger partial charge in [-0.05, 0) is 35.2 Å². The maximum Gasteiger partial charge on any atom is 0.471 e. The number of nitriles is 1. The van der Waals surface area contributed by atoms with Crippen molar-refractivity contribution in [2.45, 2.75) is 63.5 Å². The standard InChI is InChI=1S/C21H25BrF3N7O4/c1-10(2)5-13(30(4)16(33)11(3)27-19(36)21(23,24)25)17(34)31-9-20(7-12(31)8-26)18(35)28-15-6-14(22)29-32(15)20/h6,10-13H,5,7,9H2,1-4H3,(H,27,36)(H,28,35)/t11?,12-,13-,20+/m0/s1. The number of carbonyl (C=O) groups is 4. The highest BCUT2D eigenvalue weighted by Crippen LogP contribution is 2.42. The largest absolute Gasteiger partial charge is 0.471 e. The number of aromatic nitrogens is 2. The number of carbonyl (C=O) groups excluding carboxylic acids is 4. The van der Waals surface area contributed by atoms with Crippen LogP contribution in [0.2, 0.25) is 0 Å². The van der Waals surface area contributed by atoms with Crippen LogP contribution >= 0.6 is 15.9 Å². The third-order valence-electron chi connectivity index (χ3n) is 6.29. The number of halogens is 4. The number of hydrogen-bond donors (Lipinski definition) is 2. The molecular formula is C21H25BrF3N7O4. The SMILES string of the molecule is CC(C)C[C@@H](C(=O)N1C[C@]2(C[C@H]1C#N)C(=O)Nc1cc(Br)nn12)N(C)C(=O)C(C)NC(=O)C(F)(F)F. The second-order valence-electron chi connectivity index (χ2n) is 9.35. The van der Waals surface area contributed by atoms with Crippen LogP contribution in [0.1, 0.15) is 33.6 Å². The van der Waals surface area contributed by atoms with E-state index >= 15 is 0 Å². The molecule has 15 heteroatoms. The molecule has 11 nitrogen and oxygen atoms in total. The zero-order valence-electron chi connectivity index (χ0n) is 19.9. The molecule has 2 N–H and O–H groups in total. The van der Waals surface area contributed by atoms with Gasteiger partial charge in [0.25, 0.3) is 5.91 Å². The highest BCUT2D eigenvalue weighted by molar-refractivity contribution is 9.10. The number of rotatable bonds is 6. The monoisotopic (exact) mass is 575 g/mol. The molecule has 4 atom stereocenters. The van der Waals surface area contributed by atoms with E-state index in [1.165, 1.54) is 16.6 Å². The van der Waals surface area contributed by atoms with Crippen molar-refractivity contribution < 1.29 is 32.3 Å². The van der Waals surface area contributed by atoms with E-state index in [9.17, 15) is 37.6 Å². The van der Waals surface area contributed by atoms with Crippen molar-refractivity contribution in [3.63, 3.8) is 0 Å². The fraction of sp³-hybridized carbons (Fsp3) is 0.619. The molecule has 3 heterocycles. The third-order valence-corrected chi connectivity index (χ3v) is 6.68. The Hall–Kier alpha value is -3.15. The summed E-state index contributed by atoms with van der Waals surface area (Å²) >= 11 is 3.24. The maximum absolute atomic E-state index is 13.7. The van der Waals surface area contributed by atoms with Crippen LogP contribution in [0.15, 0.2) is 10.7 Å². The van der Waals surface area contributed by atoms with Crippen LogP contribution in [-0.2, 0) is 24.7 Å². The number of likely N-dealkylation sites (tertiary alicyclic amines) is 1. The first-order valence-corrected chi connectivity index (χ1v) is 11.8. The molecule has 1 fully saturated rings. The summed E-state index contributed by atoms with van der Waals surface area (Å²) < 4.78 is 39.8. The fourth-order valence-corrected chi connectivity index (χ4v) is 4.88. The van der Waals surface area contributed by atoms with Crippen LogP contribution in [0, 0.1) is 17.2 Å². The maximum atomic E-state index is 13.7. The van der Waals surface area contributed by atoms with Crippen molar-refractivity contribution in [2.24, 2.45) is 5.92 Å². The minimum Gasteiger partial charge on any atom is -0.337 e. The zero-order chi connectivity index (χ0) is 27.2. The molecule has 1 saturated heterocycles. The number of alkyl halides is 3. The predicted molar refractivity (Wildman–Crippen MR) is 122 cm³/mol. The van der Waals surface area contributed by atoms with Gasteiger partial charge < -0.3 is 20.4 Å². The quantitative estimate of drug-likeness (QED) is 0.524. The Morgan fingerprint density at radius 1 is 1.39 bits per heavy atom. The second kappa shape index (κ2) is 9.72. The van der Waals surface area contributed by atoms with E-state index in [1.807, 2.05) is 6.07 Å². The molecule has 2 aliphatic rings. The Kier molecular flexibility index (Phi) is 7.41. The summed E-state index contributed by atoms with van der Waals surface area (Å²) in [4.78, 5) is 53.0.